The number of ether oxygens (including phenoxy) is 1. The van der Waals surface area contributed by atoms with E-state index in [9.17, 15) is 13.2 Å². The summed E-state index contributed by atoms with van der Waals surface area (Å²) >= 11 is 0. The molecule has 0 spiro atoms. The average Bonchev–Trinajstić information content (AvgIpc) is 2.88. The number of nitrogens with zero attached hydrogens (tertiary/aromatic N) is 1. The van der Waals surface area contributed by atoms with Crippen molar-refractivity contribution in [2.75, 3.05) is 43.5 Å². The highest BCUT2D eigenvalue weighted by Gasteiger charge is 2.43. The van der Waals surface area contributed by atoms with Crippen LogP contribution in [0.5, 0.6) is 5.75 Å². The zero-order chi connectivity index (χ0) is 20.2. The van der Waals surface area contributed by atoms with E-state index in [0.717, 1.165) is 49.5 Å². The smallest absolute Gasteiger partial charge is 0.417 e. The Bertz CT molecular complexity index is 944. The van der Waals surface area contributed by atoms with E-state index in [-0.39, 0.29) is 11.5 Å². The third kappa shape index (κ3) is 3.03. The summed E-state index contributed by atoms with van der Waals surface area (Å²) in [6.45, 7) is 3.35. The van der Waals surface area contributed by atoms with E-state index in [2.05, 4.69) is 15.5 Å². The Morgan fingerprint density at radius 3 is 2.86 bits per heavy atom. The van der Waals surface area contributed by atoms with Crippen LogP contribution in [0, 0.1) is 0 Å². The normalized spacial score (nSPS) is 23.1. The van der Waals surface area contributed by atoms with Gasteiger partial charge in [0.05, 0.1) is 17.9 Å². The second-order valence-electron chi connectivity index (χ2n) is 7.98. The highest BCUT2D eigenvalue weighted by atomic mass is 19.4. The Balaban J connectivity index is 1.69. The summed E-state index contributed by atoms with van der Waals surface area (Å²) < 4.78 is 47.5. The lowest BCUT2D eigenvalue weighted by molar-refractivity contribution is -0.137. The van der Waals surface area contributed by atoms with E-state index in [1.54, 1.807) is 25.2 Å². The first-order valence-electron chi connectivity index (χ1n) is 10.1. The monoisotopic (exact) mass is 403 g/mol. The van der Waals surface area contributed by atoms with Crippen molar-refractivity contribution in [1.29, 1.82) is 0 Å². The summed E-state index contributed by atoms with van der Waals surface area (Å²) in [7, 11) is 1.62. The van der Waals surface area contributed by atoms with Gasteiger partial charge in [-0.15, -0.1) is 0 Å². The summed E-state index contributed by atoms with van der Waals surface area (Å²) in [6.07, 6.45) is -2.47. The molecule has 3 heterocycles. The third-order valence-electron chi connectivity index (χ3n) is 6.36. The lowest BCUT2D eigenvalue weighted by Gasteiger charge is -2.33. The summed E-state index contributed by atoms with van der Waals surface area (Å²) in [6, 6.07) is 8.58. The maximum absolute atomic E-state index is 13.8. The van der Waals surface area contributed by atoms with E-state index in [0.29, 0.717) is 23.9 Å². The molecule has 0 amide bonds. The molecule has 29 heavy (non-hydrogen) atoms. The molecule has 2 aromatic rings. The Kier molecular flexibility index (Phi) is 4.38. The van der Waals surface area contributed by atoms with Gasteiger partial charge < -0.3 is 20.3 Å². The number of benzene rings is 2. The van der Waals surface area contributed by atoms with Crippen LogP contribution in [-0.2, 0) is 6.18 Å². The molecule has 4 nitrogen and oxygen atoms in total. The van der Waals surface area contributed by atoms with Crippen molar-refractivity contribution in [1.82, 2.24) is 5.32 Å². The standard InChI is InChI=1S/C22H24F3N3O/c1-26-14-3-4-15(18(11-14)22(23,24)25)13-9-16-17-12-27-6-5-19(17)28-7-2-8-29-20(10-13)21(16)28/h3-4,9-11,17,19,26-27H,2,5-8,12H2,1H3/t17-,19-/m0/s1. The van der Waals surface area contributed by atoms with E-state index < -0.39 is 11.7 Å². The Morgan fingerprint density at radius 1 is 1.21 bits per heavy atom. The van der Waals surface area contributed by atoms with Gasteiger partial charge in [0.25, 0.3) is 0 Å². The molecular weight excluding hydrogens is 379 g/mol. The number of halogens is 3. The van der Waals surface area contributed by atoms with E-state index in [1.807, 2.05) is 6.07 Å². The number of hydrogen-bond acceptors (Lipinski definition) is 4. The summed E-state index contributed by atoms with van der Waals surface area (Å²) in [5.74, 6) is 1.00. The highest BCUT2D eigenvalue weighted by molar-refractivity contribution is 5.80. The van der Waals surface area contributed by atoms with Crippen molar-refractivity contribution in [3.63, 3.8) is 0 Å². The van der Waals surface area contributed by atoms with E-state index >= 15 is 0 Å². The number of alkyl halides is 3. The van der Waals surface area contributed by atoms with Gasteiger partial charge in [0.2, 0.25) is 0 Å². The van der Waals surface area contributed by atoms with Crippen molar-refractivity contribution in [3.8, 4) is 16.9 Å². The molecule has 154 valence electrons. The van der Waals surface area contributed by atoms with Crippen LogP contribution in [0.15, 0.2) is 30.3 Å². The SMILES string of the molecule is CNc1ccc(-c2cc3c4c(c2)[C@@H]2CNCC[C@@H]2N4CCCO3)c(C(F)(F)F)c1. The van der Waals surface area contributed by atoms with Gasteiger partial charge >= 0.3 is 6.18 Å². The molecule has 0 aromatic heterocycles. The van der Waals surface area contributed by atoms with E-state index in [4.69, 9.17) is 4.74 Å². The minimum absolute atomic E-state index is 0.196. The number of nitrogens with one attached hydrogen (secondary N) is 2. The number of rotatable bonds is 2. The summed E-state index contributed by atoms with van der Waals surface area (Å²) in [4.78, 5) is 2.43. The van der Waals surface area contributed by atoms with Gasteiger partial charge in [-0.3, -0.25) is 0 Å². The van der Waals surface area contributed by atoms with Crippen molar-refractivity contribution in [2.24, 2.45) is 0 Å². The zero-order valence-electron chi connectivity index (χ0n) is 16.3. The van der Waals surface area contributed by atoms with Gasteiger partial charge in [0, 0.05) is 37.8 Å². The molecular formula is C22H24F3N3O. The first-order chi connectivity index (χ1) is 14.0. The van der Waals surface area contributed by atoms with Gasteiger partial charge in [-0.1, -0.05) is 6.07 Å². The molecule has 2 atom stereocenters. The maximum Gasteiger partial charge on any atom is 0.417 e. The fraction of sp³-hybridized carbons (Fsp3) is 0.455. The molecule has 0 unspecified atom stereocenters. The van der Waals surface area contributed by atoms with Gasteiger partial charge in [-0.05, 0) is 60.3 Å². The Labute approximate surface area is 168 Å². The lowest BCUT2D eigenvalue weighted by Crippen LogP contribution is -2.44. The molecule has 0 aliphatic carbocycles. The zero-order valence-corrected chi connectivity index (χ0v) is 16.3. The molecule has 7 heteroatoms. The van der Waals surface area contributed by atoms with Crippen LogP contribution in [-0.4, -0.2) is 39.3 Å². The fourth-order valence-corrected chi connectivity index (χ4v) is 5.07. The molecule has 5 rings (SSSR count). The average molecular weight is 403 g/mol. The first kappa shape index (κ1) is 18.6. The van der Waals surface area contributed by atoms with Crippen LogP contribution in [0.2, 0.25) is 0 Å². The Morgan fingerprint density at radius 2 is 2.07 bits per heavy atom. The quantitative estimate of drug-likeness (QED) is 0.776. The van der Waals surface area contributed by atoms with Crippen molar-refractivity contribution in [2.45, 2.75) is 31.0 Å². The van der Waals surface area contributed by atoms with Crippen LogP contribution in [0.4, 0.5) is 24.5 Å². The van der Waals surface area contributed by atoms with Gasteiger partial charge in [0.1, 0.15) is 5.75 Å². The maximum atomic E-state index is 13.8. The summed E-state index contributed by atoms with van der Waals surface area (Å²) in [5.41, 5.74) is 2.79. The molecule has 0 bridgehead atoms. The first-order valence-corrected chi connectivity index (χ1v) is 10.1. The van der Waals surface area contributed by atoms with Crippen molar-refractivity contribution in [3.05, 3.63) is 41.5 Å². The molecule has 0 saturated carbocycles. The predicted molar refractivity (Wildman–Crippen MR) is 108 cm³/mol. The largest absolute Gasteiger partial charge is 0.491 e. The van der Waals surface area contributed by atoms with Crippen LogP contribution < -0.4 is 20.3 Å². The molecule has 2 aromatic carbocycles. The topological polar surface area (TPSA) is 36.5 Å². The van der Waals surface area contributed by atoms with Crippen molar-refractivity contribution < 1.29 is 17.9 Å². The fourth-order valence-electron chi connectivity index (χ4n) is 5.07. The Hall–Kier alpha value is -2.41. The predicted octanol–water partition coefficient (Wildman–Crippen LogP) is 4.46. The minimum Gasteiger partial charge on any atom is -0.491 e. The van der Waals surface area contributed by atoms with Crippen LogP contribution in [0.1, 0.15) is 29.9 Å². The number of hydrogen-bond donors (Lipinski definition) is 2. The highest BCUT2D eigenvalue weighted by Crippen LogP contribution is 2.51. The molecule has 3 aliphatic rings. The van der Waals surface area contributed by atoms with Gasteiger partial charge in [0.15, 0.2) is 0 Å². The number of anilines is 2. The second kappa shape index (κ2) is 6.83. The molecule has 0 radical (unpaired) electrons. The second-order valence-corrected chi connectivity index (χ2v) is 7.98. The molecule has 3 aliphatic heterocycles. The summed E-state index contributed by atoms with van der Waals surface area (Å²) in [5, 5.41) is 6.25. The molecule has 2 N–H and O–H groups in total. The van der Waals surface area contributed by atoms with E-state index in [1.165, 1.54) is 6.07 Å². The molecule has 1 saturated heterocycles. The minimum atomic E-state index is -4.43. The number of fused-ring (bicyclic) bond motifs is 3. The van der Waals surface area contributed by atoms with Gasteiger partial charge in [-0.2, -0.15) is 13.2 Å². The van der Waals surface area contributed by atoms with Crippen LogP contribution in [0.3, 0.4) is 0 Å². The van der Waals surface area contributed by atoms with Crippen molar-refractivity contribution >= 4 is 11.4 Å². The molecule has 1 fully saturated rings. The van der Waals surface area contributed by atoms with Gasteiger partial charge in [-0.25, -0.2) is 0 Å². The van der Waals surface area contributed by atoms with Crippen LogP contribution >= 0.6 is 0 Å². The number of piperidine rings is 1. The lowest BCUT2D eigenvalue weighted by atomic mass is 9.88. The van der Waals surface area contributed by atoms with Crippen LogP contribution in [0.25, 0.3) is 11.1 Å². The third-order valence-corrected chi connectivity index (χ3v) is 6.36.